The van der Waals surface area contributed by atoms with Crippen LogP contribution in [0.4, 0.5) is 0 Å². The van der Waals surface area contributed by atoms with Crippen LogP contribution in [0.5, 0.6) is 46.0 Å². The SMILES string of the molecule is CC1c2cc3c4c(Br)c2OCOc2c1cc1c(c2Br)OCOc2c(cc5c(c2Br)OP(=O)(c2ccccc2)Oc2c(cc(c(c2Br)OCO4)[C@@H]3C)C5C)[C@H]1C. The molecule has 0 saturated carbocycles. The Balaban J connectivity index is 1.36. The fourth-order valence-corrected chi connectivity index (χ4v) is 12.9. The molecule has 0 radical (unpaired) electrons. The molecule has 14 heteroatoms. The van der Waals surface area contributed by atoms with Crippen molar-refractivity contribution in [2.75, 3.05) is 20.4 Å². The first-order chi connectivity index (χ1) is 26.5. The molecule has 0 amide bonds. The van der Waals surface area contributed by atoms with Gasteiger partial charge in [-0.2, -0.15) is 0 Å². The van der Waals surface area contributed by atoms with E-state index in [-0.39, 0.29) is 44.1 Å². The van der Waals surface area contributed by atoms with E-state index in [4.69, 9.17) is 37.5 Å². The zero-order valence-corrected chi connectivity index (χ0v) is 37.0. The summed E-state index contributed by atoms with van der Waals surface area (Å²) in [5.74, 6) is 3.30. The van der Waals surface area contributed by atoms with Gasteiger partial charge in [0, 0.05) is 68.2 Å². The molecule has 4 aliphatic heterocycles. The summed E-state index contributed by atoms with van der Waals surface area (Å²) in [6, 6.07) is 17.6. The number of hydrogen-bond acceptors (Lipinski definition) is 9. The van der Waals surface area contributed by atoms with Crippen LogP contribution in [-0.4, -0.2) is 20.4 Å². The molecule has 0 spiro atoms. The number of halogens is 4. The lowest BCUT2D eigenvalue weighted by Gasteiger charge is -2.35. The van der Waals surface area contributed by atoms with Gasteiger partial charge in [-0.1, -0.05) is 45.9 Å². The Bertz CT molecular complexity index is 2400. The van der Waals surface area contributed by atoms with Crippen molar-refractivity contribution in [1.29, 1.82) is 0 Å². The highest BCUT2D eigenvalue weighted by atomic mass is 79.9. The van der Waals surface area contributed by atoms with Gasteiger partial charge in [-0.15, -0.1) is 0 Å². The van der Waals surface area contributed by atoms with Gasteiger partial charge < -0.3 is 37.5 Å². The molecule has 4 heterocycles. The molecule has 5 aromatic carbocycles. The van der Waals surface area contributed by atoms with E-state index < -0.39 is 7.60 Å². The Morgan fingerprint density at radius 1 is 0.436 bits per heavy atom. The smallest absolute Gasteiger partial charge is 0.456 e. The Morgan fingerprint density at radius 2 is 0.691 bits per heavy atom. The van der Waals surface area contributed by atoms with E-state index in [0.29, 0.717) is 69.2 Å². The minimum atomic E-state index is -4.13. The van der Waals surface area contributed by atoms with Gasteiger partial charge in [0.15, 0.2) is 11.5 Å². The fourth-order valence-electron chi connectivity index (χ4n) is 8.35. The molecule has 5 atom stereocenters. The summed E-state index contributed by atoms with van der Waals surface area (Å²) in [6.07, 6.45) is 0. The lowest BCUT2D eigenvalue weighted by atomic mass is 9.80. The first-order valence-corrected chi connectivity index (χ1v) is 22.4. The Labute approximate surface area is 350 Å². The van der Waals surface area contributed by atoms with Crippen molar-refractivity contribution in [1.82, 2.24) is 0 Å². The third-order valence-corrected chi connectivity index (χ3v) is 16.0. The maximum absolute atomic E-state index is 15.4. The van der Waals surface area contributed by atoms with Gasteiger partial charge in [0.25, 0.3) is 0 Å². The van der Waals surface area contributed by atoms with E-state index in [2.05, 4.69) is 116 Å². The maximum atomic E-state index is 15.4. The van der Waals surface area contributed by atoms with Gasteiger partial charge in [-0.3, -0.25) is 0 Å². The van der Waals surface area contributed by atoms with Crippen molar-refractivity contribution in [2.45, 2.75) is 51.4 Å². The molecule has 10 rings (SSSR count). The Kier molecular flexibility index (Phi) is 8.58. The third-order valence-electron chi connectivity index (χ3n) is 11.4. The highest BCUT2D eigenvalue weighted by molar-refractivity contribution is 9.11. The first-order valence-electron chi connectivity index (χ1n) is 17.7. The van der Waals surface area contributed by atoms with Crippen molar-refractivity contribution >= 4 is 76.6 Å². The Morgan fingerprint density at radius 3 is 0.982 bits per heavy atom. The van der Waals surface area contributed by atoms with Gasteiger partial charge in [-0.05, 0) is 100 Å². The average molecular weight is 1020 g/mol. The lowest BCUT2D eigenvalue weighted by Crippen LogP contribution is -2.22. The predicted octanol–water partition coefficient (Wildman–Crippen LogP) is 12.1. The highest BCUT2D eigenvalue weighted by Crippen LogP contribution is 2.62. The highest BCUT2D eigenvalue weighted by Gasteiger charge is 2.43. The van der Waals surface area contributed by atoms with Crippen LogP contribution in [0, 0.1) is 0 Å². The van der Waals surface area contributed by atoms with E-state index in [0.717, 1.165) is 44.5 Å². The molecule has 5 aromatic rings. The van der Waals surface area contributed by atoms with Crippen LogP contribution < -0.4 is 42.8 Å². The van der Waals surface area contributed by atoms with Crippen molar-refractivity contribution in [3.05, 3.63) is 117 Å². The second-order valence-electron chi connectivity index (χ2n) is 14.2. The van der Waals surface area contributed by atoms with Crippen LogP contribution >= 0.6 is 71.3 Å². The molecule has 5 aliphatic rings. The molecule has 55 heavy (non-hydrogen) atoms. The molecular formula is C41H31Br4O9P. The summed E-state index contributed by atoms with van der Waals surface area (Å²) in [5.41, 5.74) is 7.24. The zero-order chi connectivity index (χ0) is 38.1. The van der Waals surface area contributed by atoms with Gasteiger partial charge in [0.05, 0.1) is 5.30 Å². The van der Waals surface area contributed by atoms with E-state index in [9.17, 15) is 0 Å². The van der Waals surface area contributed by atoms with Crippen molar-refractivity contribution in [3.63, 3.8) is 0 Å². The molecule has 282 valence electrons. The fraction of sp³-hybridized carbons (Fsp3) is 0.268. The Hall–Kier alpha value is -3.35. The lowest BCUT2D eigenvalue weighted by molar-refractivity contribution is 0.101. The normalized spacial score (nSPS) is 23.6. The van der Waals surface area contributed by atoms with E-state index in [1.165, 1.54) is 0 Å². The topological polar surface area (TPSA) is 90.9 Å². The molecule has 0 aromatic heterocycles. The van der Waals surface area contributed by atoms with Crippen LogP contribution in [0.1, 0.15) is 95.9 Å². The number of benzene rings is 5. The van der Waals surface area contributed by atoms with E-state index >= 15 is 4.57 Å². The van der Waals surface area contributed by atoms with Crippen LogP contribution in [0.3, 0.4) is 0 Å². The van der Waals surface area contributed by atoms with Gasteiger partial charge in [-0.25, -0.2) is 4.57 Å². The van der Waals surface area contributed by atoms with E-state index in [1.807, 2.05) is 18.2 Å². The second kappa shape index (κ2) is 13.1. The molecule has 8 bridgehead atoms. The molecule has 0 saturated heterocycles. The van der Waals surface area contributed by atoms with Crippen molar-refractivity contribution in [2.24, 2.45) is 0 Å². The van der Waals surface area contributed by atoms with Gasteiger partial charge in [0.2, 0.25) is 20.4 Å². The monoisotopic (exact) mass is 1010 g/mol. The van der Waals surface area contributed by atoms with Crippen LogP contribution in [0.2, 0.25) is 0 Å². The third kappa shape index (κ3) is 5.28. The molecular weight excluding hydrogens is 987 g/mol. The molecule has 0 N–H and O–H groups in total. The number of ether oxygens (including phenoxy) is 6. The van der Waals surface area contributed by atoms with Crippen molar-refractivity contribution < 1.29 is 42.0 Å². The summed E-state index contributed by atoms with van der Waals surface area (Å²) < 4.78 is 69.5. The predicted molar refractivity (Wildman–Crippen MR) is 220 cm³/mol. The van der Waals surface area contributed by atoms with Crippen molar-refractivity contribution in [3.8, 4) is 46.0 Å². The minimum Gasteiger partial charge on any atom is -0.456 e. The molecule has 1 aliphatic carbocycles. The minimum absolute atomic E-state index is 0.0475. The van der Waals surface area contributed by atoms with Crippen LogP contribution in [0.25, 0.3) is 0 Å². The second-order valence-corrected chi connectivity index (χ2v) is 19.3. The zero-order valence-electron chi connectivity index (χ0n) is 29.8. The summed E-state index contributed by atoms with van der Waals surface area (Å²) >= 11 is 15.5. The molecule has 0 fully saturated rings. The summed E-state index contributed by atoms with van der Waals surface area (Å²) in [4.78, 5) is 0. The standard InChI is InChI=1S/C41H31Br4O9P/c1-17-22-10-24-18(2)26-12-28-20(4)29-13-27-19(3)25-11-23(17)35-31(43)37(25)50-16-52-39(27)33(45)41(29)54-55(46,21-8-6-5-7-9-21)53-40(28)32(44)38(26)51-15-49-36(24)30(42)34(22)47-14-48-35/h5-13,17-20H,14-16H2,1-4H3/t17?,18-,19+,20?,55?. The maximum Gasteiger partial charge on any atom is 0.462 e. The number of hydrogen-bond donors (Lipinski definition) is 0. The molecule has 9 nitrogen and oxygen atoms in total. The van der Waals surface area contributed by atoms with Gasteiger partial charge in [0.1, 0.15) is 52.4 Å². The van der Waals surface area contributed by atoms with E-state index in [1.54, 1.807) is 12.1 Å². The van der Waals surface area contributed by atoms with Crippen LogP contribution in [0.15, 0.2) is 72.5 Å². The van der Waals surface area contributed by atoms with Gasteiger partial charge >= 0.3 is 7.60 Å². The summed E-state index contributed by atoms with van der Waals surface area (Å²) in [6.45, 7) is 8.25. The first kappa shape index (κ1) is 36.0. The number of rotatable bonds is 1. The quantitative estimate of drug-likeness (QED) is 0.152. The summed E-state index contributed by atoms with van der Waals surface area (Å²) in [7, 11) is -4.13. The largest absolute Gasteiger partial charge is 0.462 e. The average Bonchev–Trinajstić information content (AvgIpc) is 3.16. The summed E-state index contributed by atoms with van der Waals surface area (Å²) in [5, 5.41) is 0.389. The molecule has 3 unspecified atom stereocenters. The van der Waals surface area contributed by atoms with Crippen LogP contribution in [-0.2, 0) is 4.57 Å².